The Morgan fingerprint density at radius 1 is 1.33 bits per heavy atom. The van der Waals surface area contributed by atoms with Crippen LogP contribution in [0.4, 0.5) is 5.69 Å². The van der Waals surface area contributed by atoms with Crippen LogP contribution in [0, 0.1) is 5.92 Å². The second-order valence-corrected chi connectivity index (χ2v) is 8.31. The van der Waals surface area contributed by atoms with Crippen molar-refractivity contribution in [1.29, 1.82) is 0 Å². The minimum Gasteiger partial charge on any atom is -0.357 e. The van der Waals surface area contributed by atoms with E-state index >= 15 is 0 Å². The normalized spacial score (nSPS) is 17.4. The number of aliphatic imine (C=N–C) groups is 1. The molecule has 27 heavy (non-hydrogen) atoms. The largest absolute Gasteiger partial charge is 0.357 e. The number of hydrogen-bond acceptors (Lipinski definition) is 3. The summed E-state index contributed by atoms with van der Waals surface area (Å²) in [5.41, 5.74) is 2.07. The van der Waals surface area contributed by atoms with E-state index in [1.54, 1.807) is 0 Å². The lowest BCUT2D eigenvalue weighted by Gasteiger charge is -2.36. The molecule has 0 aromatic heterocycles. The zero-order valence-electron chi connectivity index (χ0n) is 16.8. The molecule has 2 rings (SSSR count). The van der Waals surface area contributed by atoms with E-state index in [2.05, 4.69) is 60.2 Å². The predicted octanol–water partition coefficient (Wildman–Crippen LogP) is 3.84. The molecule has 152 valence electrons. The maximum absolute atomic E-state index is 11.1. The Morgan fingerprint density at radius 3 is 2.63 bits per heavy atom. The zero-order valence-corrected chi connectivity index (χ0v) is 20.0. The van der Waals surface area contributed by atoms with Crippen molar-refractivity contribution in [3.05, 3.63) is 29.8 Å². The monoisotopic (exact) mass is 504 g/mol. The van der Waals surface area contributed by atoms with Gasteiger partial charge in [0.25, 0.3) is 0 Å². The van der Waals surface area contributed by atoms with Gasteiger partial charge < -0.3 is 15.5 Å². The molecule has 2 N–H and O–H groups in total. The summed E-state index contributed by atoms with van der Waals surface area (Å²) in [6.07, 6.45) is 0.894. The number of benzene rings is 1. The van der Waals surface area contributed by atoms with Gasteiger partial charge in [0.05, 0.1) is 0 Å². The third kappa shape index (κ3) is 8.29. The highest BCUT2D eigenvalue weighted by molar-refractivity contribution is 14.0. The number of amides is 1. The van der Waals surface area contributed by atoms with Crippen LogP contribution in [-0.4, -0.2) is 53.9 Å². The molecular formula is C20H33IN4OS. The van der Waals surface area contributed by atoms with Gasteiger partial charge in [0.1, 0.15) is 0 Å². The second-order valence-electron chi connectivity index (χ2n) is 6.96. The van der Waals surface area contributed by atoms with Crippen molar-refractivity contribution in [3.63, 3.8) is 0 Å². The number of rotatable bonds is 6. The van der Waals surface area contributed by atoms with Gasteiger partial charge in [-0.1, -0.05) is 26.0 Å². The van der Waals surface area contributed by atoms with Gasteiger partial charge in [0, 0.05) is 49.8 Å². The van der Waals surface area contributed by atoms with E-state index in [0.717, 1.165) is 50.0 Å². The molecule has 0 spiro atoms. The molecule has 5 nitrogen and oxygen atoms in total. The molecule has 1 atom stereocenters. The Labute approximate surface area is 185 Å². The van der Waals surface area contributed by atoms with Crippen molar-refractivity contribution in [1.82, 2.24) is 10.2 Å². The Bertz CT molecular complexity index is 607. The molecule has 0 saturated carbocycles. The van der Waals surface area contributed by atoms with Gasteiger partial charge in [-0.15, -0.1) is 24.0 Å². The number of thioether (sulfide) groups is 1. The summed E-state index contributed by atoms with van der Waals surface area (Å²) >= 11 is 2.08. The average molecular weight is 504 g/mol. The molecule has 1 unspecified atom stereocenters. The van der Waals surface area contributed by atoms with Gasteiger partial charge in [0.15, 0.2) is 5.96 Å². The second kappa shape index (κ2) is 12.5. The third-order valence-corrected chi connectivity index (χ3v) is 5.95. The first-order chi connectivity index (χ1) is 12.5. The fraction of sp³-hybridized carbons (Fsp3) is 0.600. The van der Waals surface area contributed by atoms with Crippen molar-refractivity contribution >= 4 is 53.3 Å². The number of carbonyl (C=O) groups excluding carboxylic acids is 1. The fourth-order valence-corrected chi connectivity index (χ4v) is 4.24. The zero-order chi connectivity index (χ0) is 18.9. The molecule has 1 aliphatic heterocycles. The van der Waals surface area contributed by atoms with Crippen molar-refractivity contribution in [2.45, 2.75) is 39.4 Å². The lowest BCUT2D eigenvalue weighted by Crippen LogP contribution is -2.49. The summed E-state index contributed by atoms with van der Waals surface area (Å²) in [5, 5.41) is 6.92. The smallest absolute Gasteiger partial charge is 0.221 e. The minimum atomic E-state index is -0.0444. The first-order valence-corrected chi connectivity index (χ1v) is 10.6. The Kier molecular flexibility index (Phi) is 11.1. The SMILES string of the molecule is CCNC(=NCCc1ccc(NC(C)=O)cc1)N1CCSC(C(C)C)C1.I. The molecule has 1 aliphatic rings. The quantitative estimate of drug-likeness (QED) is 0.351. The summed E-state index contributed by atoms with van der Waals surface area (Å²) in [6.45, 7) is 12.0. The van der Waals surface area contributed by atoms with Crippen molar-refractivity contribution in [3.8, 4) is 0 Å². The van der Waals surface area contributed by atoms with E-state index in [1.807, 2.05) is 12.1 Å². The van der Waals surface area contributed by atoms with E-state index in [1.165, 1.54) is 12.5 Å². The predicted molar refractivity (Wildman–Crippen MR) is 129 cm³/mol. The Hall–Kier alpha value is -0.960. The lowest BCUT2D eigenvalue weighted by molar-refractivity contribution is -0.114. The topological polar surface area (TPSA) is 56.7 Å². The summed E-state index contributed by atoms with van der Waals surface area (Å²) in [6, 6.07) is 8.00. The average Bonchev–Trinajstić information content (AvgIpc) is 2.62. The number of guanidine groups is 1. The number of halogens is 1. The highest BCUT2D eigenvalue weighted by Crippen LogP contribution is 2.24. The van der Waals surface area contributed by atoms with Gasteiger partial charge in [0.2, 0.25) is 5.91 Å². The van der Waals surface area contributed by atoms with E-state index < -0.39 is 0 Å². The molecule has 7 heteroatoms. The molecule has 1 amide bonds. The van der Waals surface area contributed by atoms with Crippen LogP contribution in [-0.2, 0) is 11.2 Å². The standard InChI is InChI=1S/C20H32N4OS.HI/c1-5-21-20(24-12-13-26-19(14-24)15(2)3)22-11-10-17-6-8-18(9-7-17)23-16(4)25;/h6-9,15,19H,5,10-14H2,1-4H3,(H,21,22)(H,23,25);1H. The van der Waals surface area contributed by atoms with Crippen molar-refractivity contribution < 1.29 is 4.79 Å². The maximum atomic E-state index is 11.1. The van der Waals surface area contributed by atoms with Crippen LogP contribution in [0.5, 0.6) is 0 Å². The molecule has 1 saturated heterocycles. The third-order valence-electron chi connectivity index (χ3n) is 4.41. The van der Waals surface area contributed by atoms with E-state index in [0.29, 0.717) is 11.2 Å². The first-order valence-electron chi connectivity index (χ1n) is 9.51. The van der Waals surface area contributed by atoms with Crippen LogP contribution in [0.15, 0.2) is 29.3 Å². The molecule has 0 radical (unpaired) electrons. The van der Waals surface area contributed by atoms with Crippen LogP contribution in [0.2, 0.25) is 0 Å². The number of carbonyl (C=O) groups is 1. The number of anilines is 1. The molecule has 1 aromatic carbocycles. The van der Waals surface area contributed by atoms with Gasteiger partial charge >= 0.3 is 0 Å². The van der Waals surface area contributed by atoms with Crippen LogP contribution in [0.25, 0.3) is 0 Å². The van der Waals surface area contributed by atoms with Crippen molar-refractivity contribution in [2.75, 3.05) is 37.2 Å². The van der Waals surface area contributed by atoms with Crippen LogP contribution >= 0.6 is 35.7 Å². The van der Waals surface area contributed by atoms with Crippen LogP contribution < -0.4 is 10.6 Å². The molecule has 0 bridgehead atoms. The maximum Gasteiger partial charge on any atom is 0.221 e. The van der Waals surface area contributed by atoms with Gasteiger partial charge in [-0.2, -0.15) is 11.8 Å². The molecule has 1 heterocycles. The Morgan fingerprint density at radius 2 is 2.04 bits per heavy atom. The fourth-order valence-electron chi connectivity index (χ4n) is 2.95. The number of hydrogen-bond donors (Lipinski definition) is 2. The summed E-state index contributed by atoms with van der Waals surface area (Å²) < 4.78 is 0. The van der Waals surface area contributed by atoms with Crippen molar-refractivity contribution in [2.24, 2.45) is 10.9 Å². The summed E-state index contributed by atoms with van der Waals surface area (Å²) in [4.78, 5) is 18.3. The van der Waals surface area contributed by atoms with Crippen LogP contribution in [0.3, 0.4) is 0 Å². The van der Waals surface area contributed by atoms with Gasteiger partial charge in [-0.25, -0.2) is 0 Å². The molecular weight excluding hydrogens is 471 g/mol. The molecule has 1 fully saturated rings. The first kappa shape index (κ1) is 24.1. The van der Waals surface area contributed by atoms with Gasteiger partial charge in [-0.3, -0.25) is 9.79 Å². The molecule has 1 aromatic rings. The number of nitrogens with zero attached hydrogens (tertiary/aromatic N) is 2. The highest BCUT2D eigenvalue weighted by atomic mass is 127. The van der Waals surface area contributed by atoms with Gasteiger partial charge in [-0.05, 0) is 37.0 Å². The molecule has 0 aliphatic carbocycles. The summed E-state index contributed by atoms with van der Waals surface area (Å²) in [5.74, 6) is 2.84. The lowest BCUT2D eigenvalue weighted by atomic mass is 10.1. The number of nitrogens with one attached hydrogen (secondary N) is 2. The minimum absolute atomic E-state index is 0. The van der Waals surface area contributed by atoms with Crippen LogP contribution in [0.1, 0.15) is 33.3 Å². The van der Waals surface area contributed by atoms with E-state index in [9.17, 15) is 4.79 Å². The Balaban J connectivity index is 0.00000364. The highest BCUT2D eigenvalue weighted by Gasteiger charge is 2.24. The van der Waals surface area contributed by atoms with E-state index in [-0.39, 0.29) is 29.9 Å². The van der Waals surface area contributed by atoms with E-state index in [4.69, 9.17) is 4.99 Å². The summed E-state index contributed by atoms with van der Waals surface area (Å²) in [7, 11) is 0.